The SMILES string of the molecule is CC1(C#N)CCC/C1=C\c1ccccc1. The van der Waals surface area contributed by atoms with Crippen molar-refractivity contribution in [2.24, 2.45) is 5.41 Å². The van der Waals surface area contributed by atoms with Gasteiger partial charge in [0.05, 0.1) is 11.5 Å². The highest BCUT2D eigenvalue weighted by Crippen LogP contribution is 2.42. The van der Waals surface area contributed by atoms with Crippen LogP contribution in [0.15, 0.2) is 35.9 Å². The summed E-state index contributed by atoms with van der Waals surface area (Å²) in [6.07, 6.45) is 5.39. The second kappa shape index (κ2) is 3.90. The Morgan fingerprint density at radius 3 is 2.73 bits per heavy atom. The maximum atomic E-state index is 9.18. The minimum atomic E-state index is -0.226. The van der Waals surface area contributed by atoms with Gasteiger partial charge in [0, 0.05) is 0 Å². The third kappa shape index (κ3) is 1.94. The molecule has 1 aliphatic carbocycles. The van der Waals surface area contributed by atoms with E-state index in [1.165, 1.54) is 11.1 Å². The molecule has 15 heavy (non-hydrogen) atoms. The van der Waals surface area contributed by atoms with Crippen molar-refractivity contribution < 1.29 is 0 Å². The fourth-order valence-electron chi connectivity index (χ4n) is 2.18. The minimum Gasteiger partial charge on any atom is -0.197 e. The Morgan fingerprint density at radius 2 is 2.07 bits per heavy atom. The fourth-order valence-corrected chi connectivity index (χ4v) is 2.18. The van der Waals surface area contributed by atoms with Crippen LogP contribution in [0.2, 0.25) is 0 Å². The molecule has 1 fully saturated rings. The molecular formula is C14H15N. The lowest BCUT2D eigenvalue weighted by Gasteiger charge is -2.15. The Balaban J connectivity index is 2.32. The van der Waals surface area contributed by atoms with Crippen molar-refractivity contribution >= 4 is 6.08 Å². The van der Waals surface area contributed by atoms with Gasteiger partial charge in [-0.2, -0.15) is 5.26 Å². The maximum Gasteiger partial charge on any atom is 0.0757 e. The second-order valence-electron chi connectivity index (χ2n) is 4.38. The summed E-state index contributed by atoms with van der Waals surface area (Å²) >= 11 is 0. The van der Waals surface area contributed by atoms with E-state index in [4.69, 9.17) is 0 Å². The molecule has 1 aliphatic rings. The first-order valence-electron chi connectivity index (χ1n) is 5.42. The van der Waals surface area contributed by atoms with Crippen LogP contribution in [0, 0.1) is 16.7 Å². The third-order valence-corrected chi connectivity index (χ3v) is 3.22. The smallest absolute Gasteiger partial charge is 0.0757 e. The molecule has 0 radical (unpaired) electrons. The molecule has 0 aliphatic heterocycles. The van der Waals surface area contributed by atoms with E-state index in [1.807, 2.05) is 18.2 Å². The van der Waals surface area contributed by atoms with E-state index < -0.39 is 0 Å². The average molecular weight is 197 g/mol. The standard InChI is InChI=1S/C14H15N/c1-14(11-15)9-5-8-13(14)10-12-6-3-2-4-7-12/h2-4,6-7,10H,5,8-9H2,1H3/b13-10+. The molecule has 76 valence electrons. The van der Waals surface area contributed by atoms with Gasteiger partial charge in [-0.25, -0.2) is 0 Å². The number of hydrogen-bond donors (Lipinski definition) is 0. The topological polar surface area (TPSA) is 23.8 Å². The number of rotatable bonds is 1. The van der Waals surface area contributed by atoms with Gasteiger partial charge in [0.1, 0.15) is 0 Å². The van der Waals surface area contributed by atoms with Gasteiger partial charge in [-0.15, -0.1) is 0 Å². The van der Waals surface area contributed by atoms with E-state index in [2.05, 4.69) is 31.2 Å². The Labute approximate surface area is 91.0 Å². The molecule has 2 rings (SSSR count). The van der Waals surface area contributed by atoms with E-state index in [9.17, 15) is 5.26 Å². The van der Waals surface area contributed by atoms with Gasteiger partial charge in [-0.3, -0.25) is 0 Å². The van der Waals surface area contributed by atoms with Crippen LogP contribution < -0.4 is 0 Å². The molecule has 0 spiro atoms. The van der Waals surface area contributed by atoms with Crippen LogP contribution in [0.1, 0.15) is 31.7 Å². The van der Waals surface area contributed by atoms with Crippen molar-refractivity contribution in [3.05, 3.63) is 41.5 Å². The molecular weight excluding hydrogens is 182 g/mol. The van der Waals surface area contributed by atoms with Gasteiger partial charge in [0.15, 0.2) is 0 Å². The molecule has 0 N–H and O–H groups in total. The van der Waals surface area contributed by atoms with Crippen LogP contribution in [0.25, 0.3) is 6.08 Å². The predicted molar refractivity (Wildman–Crippen MR) is 62.0 cm³/mol. The van der Waals surface area contributed by atoms with Crippen molar-refractivity contribution in [1.29, 1.82) is 5.26 Å². The number of allylic oxidation sites excluding steroid dienone is 1. The van der Waals surface area contributed by atoms with Crippen molar-refractivity contribution in [3.8, 4) is 6.07 Å². The van der Waals surface area contributed by atoms with Crippen LogP contribution in [0.5, 0.6) is 0 Å². The van der Waals surface area contributed by atoms with Crippen LogP contribution in [0.3, 0.4) is 0 Å². The van der Waals surface area contributed by atoms with E-state index in [0.29, 0.717) is 0 Å². The van der Waals surface area contributed by atoms with E-state index in [1.54, 1.807) is 0 Å². The first kappa shape index (κ1) is 9.98. The van der Waals surface area contributed by atoms with E-state index >= 15 is 0 Å². The summed E-state index contributed by atoms with van der Waals surface area (Å²) in [7, 11) is 0. The molecule has 1 saturated carbocycles. The fraction of sp³-hybridized carbons (Fsp3) is 0.357. The summed E-state index contributed by atoms with van der Waals surface area (Å²) in [6, 6.07) is 12.7. The first-order chi connectivity index (χ1) is 7.24. The lowest BCUT2D eigenvalue weighted by Crippen LogP contribution is -2.09. The summed E-state index contributed by atoms with van der Waals surface area (Å²) in [5.41, 5.74) is 2.27. The van der Waals surface area contributed by atoms with Crippen molar-refractivity contribution in [3.63, 3.8) is 0 Å². The number of hydrogen-bond acceptors (Lipinski definition) is 1. The molecule has 1 atom stereocenters. The monoisotopic (exact) mass is 197 g/mol. The lowest BCUT2D eigenvalue weighted by molar-refractivity contribution is 0.548. The summed E-state index contributed by atoms with van der Waals surface area (Å²) < 4.78 is 0. The molecule has 1 unspecified atom stereocenters. The zero-order valence-corrected chi connectivity index (χ0v) is 9.03. The van der Waals surface area contributed by atoms with Crippen LogP contribution >= 0.6 is 0 Å². The van der Waals surface area contributed by atoms with Crippen LogP contribution in [0.4, 0.5) is 0 Å². The highest BCUT2D eigenvalue weighted by molar-refractivity contribution is 5.56. The molecule has 1 aromatic rings. The Hall–Kier alpha value is -1.55. The van der Waals surface area contributed by atoms with Crippen LogP contribution in [-0.4, -0.2) is 0 Å². The zero-order valence-electron chi connectivity index (χ0n) is 9.03. The highest BCUT2D eigenvalue weighted by Gasteiger charge is 2.33. The van der Waals surface area contributed by atoms with Gasteiger partial charge in [-0.1, -0.05) is 36.4 Å². The predicted octanol–water partition coefficient (Wildman–Crippen LogP) is 3.78. The molecule has 1 nitrogen and oxygen atoms in total. The van der Waals surface area contributed by atoms with Crippen molar-refractivity contribution in [2.75, 3.05) is 0 Å². The normalized spacial score (nSPS) is 27.9. The molecule has 0 amide bonds. The van der Waals surface area contributed by atoms with E-state index in [-0.39, 0.29) is 5.41 Å². The molecule has 0 aromatic heterocycles. The van der Waals surface area contributed by atoms with Crippen molar-refractivity contribution in [2.45, 2.75) is 26.2 Å². The number of benzene rings is 1. The van der Waals surface area contributed by atoms with Crippen molar-refractivity contribution in [1.82, 2.24) is 0 Å². The van der Waals surface area contributed by atoms with E-state index in [0.717, 1.165) is 19.3 Å². The maximum absolute atomic E-state index is 9.18. The van der Waals surface area contributed by atoms with Gasteiger partial charge < -0.3 is 0 Å². The minimum absolute atomic E-state index is 0.226. The Morgan fingerprint density at radius 1 is 1.33 bits per heavy atom. The molecule has 0 saturated heterocycles. The molecule has 0 bridgehead atoms. The largest absolute Gasteiger partial charge is 0.197 e. The molecule has 1 heteroatoms. The second-order valence-corrected chi connectivity index (χ2v) is 4.38. The highest BCUT2D eigenvalue weighted by atomic mass is 14.4. The summed E-state index contributed by atoms with van der Waals surface area (Å²) in [4.78, 5) is 0. The first-order valence-corrected chi connectivity index (χ1v) is 5.42. The van der Waals surface area contributed by atoms with Crippen LogP contribution in [-0.2, 0) is 0 Å². The summed E-state index contributed by atoms with van der Waals surface area (Å²) in [5, 5.41) is 9.18. The van der Waals surface area contributed by atoms with Gasteiger partial charge >= 0.3 is 0 Å². The quantitative estimate of drug-likeness (QED) is 0.672. The van der Waals surface area contributed by atoms with Gasteiger partial charge in [0.2, 0.25) is 0 Å². The summed E-state index contributed by atoms with van der Waals surface area (Å²) in [6.45, 7) is 2.05. The Bertz CT molecular complexity index is 411. The number of nitriles is 1. The summed E-state index contributed by atoms with van der Waals surface area (Å²) in [5.74, 6) is 0. The third-order valence-electron chi connectivity index (χ3n) is 3.22. The molecule has 0 heterocycles. The Kier molecular flexibility index (Phi) is 2.60. The van der Waals surface area contributed by atoms with Gasteiger partial charge in [0.25, 0.3) is 0 Å². The number of nitrogens with zero attached hydrogens (tertiary/aromatic N) is 1. The molecule has 1 aromatic carbocycles. The zero-order chi connectivity index (χ0) is 10.7. The van der Waals surface area contributed by atoms with Gasteiger partial charge in [-0.05, 0) is 37.3 Å². The lowest BCUT2D eigenvalue weighted by atomic mass is 9.85. The average Bonchev–Trinajstić information content (AvgIpc) is 2.63.